The van der Waals surface area contributed by atoms with E-state index in [0.29, 0.717) is 55.1 Å². The number of aryl methyl sites for hydroxylation is 1. The molecule has 2 heterocycles. The molecular weight excluding hydrogens is 634 g/mol. The average molecular weight is 673 g/mol. The number of esters is 1. The third-order valence-corrected chi connectivity index (χ3v) is 7.81. The summed E-state index contributed by atoms with van der Waals surface area (Å²) < 4.78 is 28.8. The summed E-state index contributed by atoms with van der Waals surface area (Å²) in [5, 5.41) is 8.77. The molecule has 0 saturated carbocycles. The van der Waals surface area contributed by atoms with Crippen LogP contribution in [0.25, 0.3) is 0 Å². The lowest BCUT2D eigenvalue weighted by Gasteiger charge is -2.29. The van der Waals surface area contributed by atoms with E-state index in [4.69, 9.17) is 28.5 Å². The van der Waals surface area contributed by atoms with Crippen LogP contribution in [0, 0.1) is 5.92 Å². The summed E-state index contributed by atoms with van der Waals surface area (Å²) in [7, 11) is 0. The van der Waals surface area contributed by atoms with Gasteiger partial charge in [-0.15, -0.1) is 0 Å². The Bertz CT molecular complexity index is 1350. The van der Waals surface area contributed by atoms with Gasteiger partial charge in [-0.05, 0) is 52.4 Å². The number of benzene rings is 2. The predicted molar refractivity (Wildman–Crippen MR) is 164 cm³/mol. The summed E-state index contributed by atoms with van der Waals surface area (Å²) in [6.45, 7) is 2.86. The van der Waals surface area contributed by atoms with Crippen LogP contribution in [0.4, 0.5) is 4.79 Å². The number of carbonyl (C=O) groups is 3. The third kappa shape index (κ3) is 9.49. The molecule has 0 unspecified atom stereocenters. The molecule has 1 aliphatic rings. The number of amides is 2. The first-order valence-corrected chi connectivity index (χ1v) is 15.5. The number of nitrogens with zero attached hydrogens (tertiary/aromatic N) is 1. The maximum atomic E-state index is 14.3. The molecule has 0 spiro atoms. The number of aliphatic hydroxyl groups excluding tert-OH is 1. The van der Waals surface area contributed by atoms with Crippen LogP contribution < -0.4 is 0 Å². The fourth-order valence-electron chi connectivity index (χ4n) is 5.11. The molecule has 4 rings (SSSR count). The molecule has 1 aliphatic heterocycles. The molecule has 10 nitrogen and oxygen atoms in total. The van der Waals surface area contributed by atoms with Gasteiger partial charge >= 0.3 is 12.1 Å². The fourth-order valence-corrected chi connectivity index (χ4v) is 5.62. The van der Waals surface area contributed by atoms with Crippen LogP contribution in [-0.4, -0.2) is 73.7 Å². The van der Waals surface area contributed by atoms with Crippen molar-refractivity contribution in [2.24, 2.45) is 5.92 Å². The number of halogens is 1. The number of carbonyl (C=O) groups excluding carboxylic acids is 3. The summed E-state index contributed by atoms with van der Waals surface area (Å²) in [5.41, 5.74) is 1.80. The standard InChI is InChI=1S/C33H38BrNO9/c1-23(37)43-31(30-21-28(34)29(44-30)13-8-15-40-17-18-41-16-14-36)27(20-25-11-6-3-7-12-25)32(38)35-26(22-42-33(35)39)19-24-9-4-2-5-10-24/h2-7,9-12,21,26-27,31,36H,8,13-20,22H2,1H3/t26-,27+,31-/m1/s1. The molecule has 3 atom stereocenters. The monoisotopic (exact) mass is 671 g/mol. The number of ether oxygens (including phenoxy) is 4. The maximum Gasteiger partial charge on any atom is 0.416 e. The van der Waals surface area contributed by atoms with Gasteiger partial charge in [0.2, 0.25) is 5.91 Å². The van der Waals surface area contributed by atoms with Crippen LogP contribution in [0.3, 0.4) is 0 Å². The van der Waals surface area contributed by atoms with E-state index in [1.165, 1.54) is 6.92 Å². The van der Waals surface area contributed by atoms with Gasteiger partial charge in [-0.2, -0.15) is 0 Å². The van der Waals surface area contributed by atoms with Gasteiger partial charge in [-0.25, -0.2) is 9.69 Å². The van der Waals surface area contributed by atoms with Gasteiger partial charge in [0.05, 0.1) is 42.9 Å². The molecule has 1 aromatic heterocycles. The quantitative estimate of drug-likeness (QED) is 0.155. The Morgan fingerprint density at radius 2 is 1.66 bits per heavy atom. The maximum absolute atomic E-state index is 14.3. The van der Waals surface area contributed by atoms with Crippen molar-refractivity contribution in [1.29, 1.82) is 0 Å². The molecule has 1 fully saturated rings. The highest BCUT2D eigenvalue weighted by molar-refractivity contribution is 9.10. The zero-order chi connectivity index (χ0) is 31.3. The number of imide groups is 1. The molecule has 3 aromatic rings. The van der Waals surface area contributed by atoms with Gasteiger partial charge < -0.3 is 28.5 Å². The minimum atomic E-state index is -1.10. The summed E-state index contributed by atoms with van der Waals surface area (Å²) in [6.07, 6.45) is -0.0222. The van der Waals surface area contributed by atoms with Crippen molar-refractivity contribution in [2.75, 3.05) is 39.6 Å². The minimum absolute atomic E-state index is 0.0304. The zero-order valence-electron chi connectivity index (χ0n) is 24.7. The topological polar surface area (TPSA) is 125 Å². The molecule has 236 valence electrons. The lowest BCUT2D eigenvalue weighted by molar-refractivity contribution is -0.155. The van der Waals surface area contributed by atoms with Crippen molar-refractivity contribution in [1.82, 2.24) is 4.90 Å². The smallest absolute Gasteiger partial charge is 0.416 e. The molecule has 11 heteroatoms. The van der Waals surface area contributed by atoms with E-state index in [9.17, 15) is 14.4 Å². The molecule has 0 radical (unpaired) electrons. The second-order valence-electron chi connectivity index (χ2n) is 10.4. The normalized spacial score (nSPS) is 16.0. The fraction of sp³-hybridized carbons (Fsp3) is 0.424. The van der Waals surface area contributed by atoms with Crippen LogP contribution in [0.2, 0.25) is 0 Å². The summed E-state index contributed by atoms with van der Waals surface area (Å²) in [6, 6.07) is 20.1. The van der Waals surface area contributed by atoms with Crippen molar-refractivity contribution < 1.29 is 42.9 Å². The summed E-state index contributed by atoms with van der Waals surface area (Å²) >= 11 is 3.55. The highest BCUT2D eigenvalue weighted by Crippen LogP contribution is 2.37. The van der Waals surface area contributed by atoms with Crippen molar-refractivity contribution >= 4 is 33.9 Å². The largest absolute Gasteiger partial charge is 0.461 e. The third-order valence-electron chi connectivity index (χ3n) is 7.14. The van der Waals surface area contributed by atoms with E-state index < -0.39 is 36.0 Å². The van der Waals surface area contributed by atoms with Gasteiger partial charge in [-0.3, -0.25) is 9.59 Å². The van der Waals surface area contributed by atoms with Crippen molar-refractivity contribution in [3.63, 3.8) is 0 Å². The number of cyclic esters (lactones) is 1. The molecule has 44 heavy (non-hydrogen) atoms. The Morgan fingerprint density at radius 1 is 1.00 bits per heavy atom. The van der Waals surface area contributed by atoms with E-state index in [1.807, 2.05) is 60.7 Å². The predicted octanol–water partition coefficient (Wildman–Crippen LogP) is 5.05. The lowest BCUT2D eigenvalue weighted by Crippen LogP contribution is -2.46. The Kier molecular flexibility index (Phi) is 13.0. The zero-order valence-corrected chi connectivity index (χ0v) is 26.3. The molecule has 2 amide bonds. The summed E-state index contributed by atoms with van der Waals surface area (Å²) in [4.78, 5) is 40.9. The molecule has 2 aromatic carbocycles. The van der Waals surface area contributed by atoms with Crippen LogP contribution in [-0.2, 0) is 47.8 Å². The number of furan rings is 1. The average Bonchev–Trinajstić information content (AvgIpc) is 3.57. The Hall–Kier alpha value is -3.51. The van der Waals surface area contributed by atoms with Gasteiger partial charge in [-0.1, -0.05) is 60.7 Å². The van der Waals surface area contributed by atoms with Gasteiger partial charge in [0, 0.05) is 20.0 Å². The SMILES string of the molecule is CC(=O)O[C@@H](c1cc(Br)c(CCCOCCOCCO)o1)[C@H](Cc1ccccc1)C(=O)N1C(=O)OC[C@H]1Cc1ccccc1. The molecule has 0 aliphatic carbocycles. The van der Waals surface area contributed by atoms with Crippen LogP contribution in [0.5, 0.6) is 0 Å². The minimum Gasteiger partial charge on any atom is -0.461 e. The Morgan fingerprint density at radius 3 is 2.32 bits per heavy atom. The van der Waals surface area contributed by atoms with Crippen LogP contribution >= 0.6 is 15.9 Å². The van der Waals surface area contributed by atoms with E-state index >= 15 is 0 Å². The number of hydrogen-bond donors (Lipinski definition) is 1. The second-order valence-corrected chi connectivity index (χ2v) is 11.3. The molecule has 1 N–H and O–H groups in total. The van der Waals surface area contributed by atoms with Crippen LogP contribution in [0.15, 0.2) is 75.6 Å². The lowest BCUT2D eigenvalue weighted by atomic mass is 9.90. The van der Waals surface area contributed by atoms with Crippen LogP contribution in [0.1, 0.15) is 42.1 Å². The van der Waals surface area contributed by atoms with E-state index in [-0.39, 0.29) is 26.2 Å². The van der Waals surface area contributed by atoms with Gasteiger partial charge in [0.15, 0.2) is 6.10 Å². The number of rotatable bonds is 17. The van der Waals surface area contributed by atoms with Gasteiger partial charge in [0.1, 0.15) is 18.1 Å². The first kappa shape index (κ1) is 33.4. The van der Waals surface area contributed by atoms with Crippen molar-refractivity contribution in [3.05, 3.63) is 93.9 Å². The van der Waals surface area contributed by atoms with E-state index in [0.717, 1.165) is 16.0 Å². The van der Waals surface area contributed by atoms with Crippen molar-refractivity contribution in [3.8, 4) is 0 Å². The highest BCUT2D eigenvalue weighted by Gasteiger charge is 2.45. The highest BCUT2D eigenvalue weighted by atomic mass is 79.9. The Balaban J connectivity index is 1.56. The van der Waals surface area contributed by atoms with E-state index in [2.05, 4.69) is 15.9 Å². The number of aliphatic hydroxyl groups is 1. The molecular formula is C33H38BrNO9. The van der Waals surface area contributed by atoms with Crippen molar-refractivity contribution in [2.45, 2.75) is 44.8 Å². The van der Waals surface area contributed by atoms with Gasteiger partial charge in [0.25, 0.3) is 0 Å². The second kappa shape index (κ2) is 17.1. The molecule has 1 saturated heterocycles. The number of hydrogen-bond acceptors (Lipinski definition) is 9. The first-order valence-electron chi connectivity index (χ1n) is 14.7. The first-order chi connectivity index (χ1) is 21.4. The summed E-state index contributed by atoms with van der Waals surface area (Å²) in [5.74, 6) is -1.16. The Labute approximate surface area is 265 Å². The van der Waals surface area contributed by atoms with E-state index in [1.54, 1.807) is 6.07 Å². The molecule has 0 bridgehead atoms.